The number of rotatable bonds is 6. The van der Waals surface area contributed by atoms with Gasteiger partial charge in [0.15, 0.2) is 5.65 Å². The van der Waals surface area contributed by atoms with E-state index in [9.17, 15) is 22.8 Å². The number of carbonyl (C=O) groups is 2. The first-order valence-electron chi connectivity index (χ1n) is 15.1. The highest BCUT2D eigenvalue weighted by Gasteiger charge is 2.47. The van der Waals surface area contributed by atoms with Crippen molar-refractivity contribution in [3.63, 3.8) is 0 Å². The van der Waals surface area contributed by atoms with E-state index in [-0.39, 0.29) is 25.5 Å². The second-order valence-electron chi connectivity index (χ2n) is 12.2. The van der Waals surface area contributed by atoms with Gasteiger partial charge in [-0.05, 0) is 54.5 Å². The number of thiophene rings is 1. The van der Waals surface area contributed by atoms with Crippen LogP contribution >= 0.6 is 11.3 Å². The highest BCUT2D eigenvalue weighted by atomic mass is 32.1. The zero-order chi connectivity index (χ0) is 32.9. The van der Waals surface area contributed by atoms with Crippen molar-refractivity contribution < 1.29 is 27.5 Å². The second kappa shape index (κ2) is 12.1. The molecule has 5 heterocycles. The van der Waals surface area contributed by atoms with Gasteiger partial charge in [-0.2, -0.15) is 18.3 Å². The van der Waals surface area contributed by atoms with E-state index in [1.54, 1.807) is 34.8 Å². The molecule has 13 heteroatoms. The number of nitrogens with one attached hydrogen (secondary N) is 1. The molecule has 0 unspecified atom stereocenters. The van der Waals surface area contributed by atoms with Crippen molar-refractivity contribution in [2.24, 2.45) is 5.92 Å². The van der Waals surface area contributed by atoms with E-state index in [4.69, 9.17) is 4.74 Å². The minimum atomic E-state index is -4.53. The summed E-state index contributed by atoms with van der Waals surface area (Å²) in [6, 6.07) is 9.85. The summed E-state index contributed by atoms with van der Waals surface area (Å²) in [5.74, 6) is -2.07. The van der Waals surface area contributed by atoms with Crippen LogP contribution in [0.15, 0.2) is 48.9 Å². The van der Waals surface area contributed by atoms with Gasteiger partial charge in [-0.1, -0.05) is 44.2 Å². The lowest BCUT2D eigenvalue weighted by Crippen LogP contribution is -2.55. The molecule has 2 atom stereocenters. The van der Waals surface area contributed by atoms with Gasteiger partial charge < -0.3 is 19.5 Å². The molecule has 46 heavy (non-hydrogen) atoms. The van der Waals surface area contributed by atoms with Gasteiger partial charge in [0.1, 0.15) is 12.9 Å². The Morgan fingerprint density at radius 1 is 1.15 bits per heavy atom. The van der Waals surface area contributed by atoms with Gasteiger partial charge in [-0.15, -0.1) is 11.3 Å². The molecule has 1 saturated heterocycles. The number of aromatic nitrogens is 4. The minimum absolute atomic E-state index is 0.0560. The van der Waals surface area contributed by atoms with E-state index < -0.39 is 36.7 Å². The Balaban J connectivity index is 1.26. The third kappa shape index (κ3) is 5.83. The van der Waals surface area contributed by atoms with Crippen LogP contribution in [-0.4, -0.2) is 73.7 Å². The number of fused-ring (bicyclic) bond motifs is 2. The Morgan fingerprint density at radius 2 is 1.89 bits per heavy atom. The topological polar surface area (TPSA) is 95.8 Å². The van der Waals surface area contributed by atoms with Gasteiger partial charge in [-0.3, -0.25) is 4.79 Å². The fourth-order valence-electron chi connectivity index (χ4n) is 6.21. The van der Waals surface area contributed by atoms with Gasteiger partial charge in [0.2, 0.25) is 0 Å². The second-order valence-corrected chi connectivity index (χ2v) is 13.3. The number of benzene rings is 1. The molecule has 1 N–H and O–H groups in total. The number of H-pyrrole nitrogens is 1. The van der Waals surface area contributed by atoms with Gasteiger partial charge >= 0.3 is 12.3 Å². The zero-order valence-electron chi connectivity index (χ0n) is 26.2. The maximum Gasteiger partial charge on any atom is 0.410 e. The van der Waals surface area contributed by atoms with Crippen molar-refractivity contribution in [2.75, 3.05) is 20.1 Å². The molecule has 242 valence electrons. The van der Waals surface area contributed by atoms with E-state index in [0.717, 1.165) is 54.3 Å². The van der Waals surface area contributed by atoms with E-state index in [1.165, 1.54) is 29.6 Å². The maximum absolute atomic E-state index is 14.0. The van der Waals surface area contributed by atoms with E-state index in [2.05, 4.69) is 28.9 Å². The number of aromatic amines is 1. The predicted molar refractivity (Wildman–Crippen MR) is 170 cm³/mol. The third-order valence-electron chi connectivity index (χ3n) is 8.91. The van der Waals surface area contributed by atoms with Crippen LogP contribution in [0.4, 0.5) is 18.0 Å². The average Bonchev–Trinajstić information content (AvgIpc) is 3.75. The molecule has 4 aromatic heterocycles. The number of likely N-dealkylation sites (N-methyl/N-ethyl adjacent to an activating group) is 1. The molecule has 5 aromatic rings. The number of alkyl halides is 3. The van der Waals surface area contributed by atoms with Crippen LogP contribution in [0.25, 0.3) is 27.1 Å². The number of piperidine rings is 1. The van der Waals surface area contributed by atoms with Crippen molar-refractivity contribution in [1.29, 1.82) is 0 Å². The largest absolute Gasteiger partial charge is 0.445 e. The summed E-state index contributed by atoms with van der Waals surface area (Å²) in [7, 11) is 1.50. The van der Waals surface area contributed by atoms with Crippen LogP contribution in [0.2, 0.25) is 0 Å². The molecule has 0 saturated carbocycles. The number of hydrogen-bond acceptors (Lipinski definition) is 6. The van der Waals surface area contributed by atoms with Crippen LogP contribution in [0, 0.1) is 19.8 Å². The number of aryl methyl sites for hydroxylation is 1. The van der Waals surface area contributed by atoms with Crippen LogP contribution in [0.3, 0.4) is 0 Å². The molecule has 2 amide bonds. The number of ether oxygens (including phenoxy) is 1. The molecule has 9 nitrogen and oxygen atoms in total. The number of likely N-dealkylation sites (tertiary alicyclic amines) is 1. The number of amides is 2. The molecule has 1 aromatic carbocycles. The van der Waals surface area contributed by atoms with Crippen molar-refractivity contribution in [1.82, 2.24) is 29.4 Å². The predicted octanol–water partition coefficient (Wildman–Crippen LogP) is 7.34. The van der Waals surface area contributed by atoms with Crippen molar-refractivity contribution in [2.45, 2.75) is 58.9 Å². The minimum Gasteiger partial charge on any atom is -0.445 e. The Bertz CT molecular complexity index is 1910. The van der Waals surface area contributed by atoms with Gasteiger partial charge in [0.25, 0.3) is 5.91 Å². The summed E-state index contributed by atoms with van der Waals surface area (Å²) in [6.45, 7) is 7.59. The van der Waals surface area contributed by atoms with E-state index in [0.29, 0.717) is 4.88 Å². The Morgan fingerprint density at radius 3 is 2.59 bits per heavy atom. The first-order chi connectivity index (χ1) is 21.8. The summed E-state index contributed by atoms with van der Waals surface area (Å²) in [5, 5.41) is 4.33. The first kappa shape index (κ1) is 31.6. The summed E-state index contributed by atoms with van der Waals surface area (Å²) in [4.78, 5) is 37.4. The molecule has 6 rings (SSSR count). The summed E-state index contributed by atoms with van der Waals surface area (Å²) >= 11 is 1.32. The SMILES string of the molecule is Cc1c(-c2[nH]c3cc(C(=O)N(C)[C@H]4C[C@@H](C(F)(F)F)CN(C(=O)OCc5ccccc5)C4)sc3c2C(C)C)cn2ncnc2c1C. The summed E-state index contributed by atoms with van der Waals surface area (Å²) < 4.78 is 50.1. The Hall–Kier alpha value is -4.39. The average molecular weight is 653 g/mol. The van der Waals surface area contributed by atoms with E-state index >= 15 is 0 Å². The molecule has 1 fully saturated rings. The molecule has 0 radical (unpaired) electrons. The van der Waals surface area contributed by atoms with Crippen LogP contribution in [0.1, 0.15) is 58.1 Å². The standard InChI is InChI=1S/C33H35F3N6O3S/c1-18(2)27-28(24-15-42-30(37-17-38-42)20(4)19(24)3)39-25-12-26(46-29(25)27)31(43)40(5)23-11-22(33(34,35)36)13-41(14-23)32(44)45-16-21-9-7-6-8-10-21/h6-10,12,15,17-18,22-23,39H,11,13-14,16H2,1-5H3/t22-,23+/m1/s1. The smallest absolute Gasteiger partial charge is 0.410 e. The number of hydrogen-bond donors (Lipinski definition) is 1. The molecule has 0 bridgehead atoms. The highest BCUT2D eigenvalue weighted by Crippen LogP contribution is 2.42. The lowest BCUT2D eigenvalue weighted by molar-refractivity contribution is -0.189. The number of pyridine rings is 1. The molecular weight excluding hydrogens is 617 g/mol. The fraction of sp³-hybridized carbons (Fsp3) is 0.394. The number of halogens is 3. The quantitative estimate of drug-likeness (QED) is 0.207. The van der Waals surface area contributed by atoms with Crippen LogP contribution in [0.5, 0.6) is 0 Å². The molecule has 1 aliphatic heterocycles. The Labute approximate surface area is 268 Å². The van der Waals surface area contributed by atoms with Crippen molar-refractivity contribution >= 4 is 39.2 Å². The molecule has 1 aliphatic rings. The van der Waals surface area contributed by atoms with Gasteiger partial charge in [0, 0.05) is 31.9 Å². The lowest BCUT2D eigenvalue weighted by atomic mass is 9.93. The van der Waals surface area contributed by atoms with Crippen LogP contribution in [-0.2, 0) is 11.3 Å². The number of nitrogens with zero attached hydrogens (tertiary/aromatic N) is 5. The summed E-state index contributed by atoms with van der Waals surface area (Å²) in [5.41, 5.74) is 7.34. The van der Waals surface area contributed by atoms with Crippen LogP contribution < -0.4 is 0 Å². The summed E-state index contributed by atoms with van der Waals surface area (Å²) in [6.07, 6.45) is -2.21. The van der Waals surface area contributed by atoms with Crippen molar-refractivity contribution in [3.8, 4) is 11.3 Å². The normalized spacial score (nSPS) is 17.3. The monoisotopic (exact) mass is 652 g/mol. The van der Waals surface area contributed by atoms with Gasteiger partial charge in [0.05, 0.1) is 32.7 Å². The lowest BCUT2D eigenvalue weighted by Gasteiger charge is -2.41. The molecular formula is C33H35F3N6O3S. The van der Waals surface area contributed by atoms with E-state index in [1.807, 2.05) is 26.1 Å². The zero-order valence-corrected chi connectivity index (χ0v) is 27.0. The first-order valence-corrected chi connectivity index (χ1v) is 15.9. The molecule has 0 aliphatic carbocycles. The Kier molecular flexibility index (Phi) is 8.30. The van der Waals surface area contributed by atoms with Crippen molar-refractivity contribution in [3.05, 3.63) is 76.1 Å². The van der Waals surface area contributed by atoms with Gasteiger partial charge in [-0.25, -0.2) is 14.3 Å². The third-order valence-corrected chi connectivity index (χ3v) is 10.1. The fourth-order valence-corrected chi connectivity index (χ4v) is 7.51. The maximum atomic E-state index is 14.0. The molecule has 0 spiro atoms. The number of carbonyl (C=O) groups excluding carboxylic acids is 2. The highest BCUT2D eigenvalue weighted by molar-refractivity contribution is 7.21.